The molecule has 0 atom stereocenters. The molecule has 0 heterocycles. The zero-order valence-electron chi connectivity index (χ0n) is 6.37. The summed E-state index contributed by atoms with van der Waals surface area (Å²) in [6, 6.07) is 6.92. The molecule has 1 aromatic carbocycles. The highest BCUT2D eigenvalue weighted by Gasteiger charge is 1.87. The first kappa shape index (κ1) is 8.11. The topological polar surface area (TPSA) is 17.1 Å². The van der Waals surface area contributed by atoms with E-state index in [0.29, 0.717) is 5.56 Å². The summed E-state index contributed by atoms with van der Waals surface area (Å²) in [5.41, 5.74) is 1.46. The van der Waals surface area contributed by atoms with Crippen LogP contribution in [0, 0.1) is 24.2 Å². The van der Waals surface area contributed by atoms with Gasteiger partial charge in [0.05, 0.1) is 0 Å². The van der Waals surface area contributed by atoms with Gasteiger partial charge in [0.1, 0.15) is 6.29 Å². The second-order valence-electron chi connectivity index (χ2n) is 2.13. The van der Waals surface area contributed by atoms with Crippen LogP contribution < -0.4 is 0 Å². The van der Waals surface area contributed by atoms with Gasteiger partial charge in [-0.05, 0) is 24.0 Å². The Morgan fingerprint density at radius 1 is 1.25 bits per heavy atom. The van der Waals surface area contributed by atoms with Crippen LogP contribution in [-0.2, 0) is 0 Å². The smallest absolute Gasteiger partial charge is 0.150 e. The first-order valence-electron chi connectivity index (χ1n) is 3.38. The van der Waals surface area contributed by atoms with Crippen molar-refractivity contribution in [1.29, 1.82) is 0 Å². The Balaban J connectivity index is 2.94. The van der Waals surface area contributed by atoms with Gasteiger partial charge in [-0.1, -0.05) is 18.1 Å². The monoisotopic (exact) mass is 154 g/mol. The van der Waals surface area contributed by atoms with E-state index < -0.39 is 0 Å². The van der Waals surface area contributed by atoms with Gasteiger partial charge >= 0.3 is 0 Å². The van der Waals surface area contributed by atoms with E-state index in [0.717, 1.165) is 11.8 Å². The number of hydrogen-bond donors (Lipinski definition) is 0. The van der Waals surface area contributed by atoms with Crippen molar-refractivity contribution >= 4 is 6.29 Å². The van der Waals surface area contributed by atoms with E-state index in [9.17, 15) is 4.79 Å². The van der Waals surface area contributed by atoms with Gasteiger partial charge in [0.25, 0.3) is 0 Å². The number of hydrogen-bond acceptors (Lipinski definition) is 1. The van der Waals surface area contributed by atoms with Crippen molar-refractivity contribution in [3.63, 3.8) is 0 Å². The van der Waals surface area contributed by atoms with Crippen molar-refractivity contribution in [3.05, 3.63) is 35.4 Å². The summed E-state index contributed by atoms with van der Waals surface area (Å²) in [6.45, 7) is 0. The maximum absolute atomic E-state index is 10.3. The van der Waals surface area contributed by atoms with Crippen LogP contribution in [0.3, 0.4) is 0 Å². The summed E-state index contributed by atoms with van der Waals surface area (Å²) in [5, 5.41) is 0. The fourth-order valence-corrected chi connectivity index (χ4v) is 0.753. The fourth-order valence-electron chi connectivity index (χ4n) is 0.753. The summed E-state index contributed by atoms with van der Waals surface area (Å²) >= 11 is 0. The number of aldehydes is 1. The number of carbonyl (C=O) groups excluding carboxylic acids is 1. The maximum atomic E-state index is 10.3. The molecule has 0 unspecified atom stereocenters. The van der Waals surface area contributed by atoms with Gasteiger partial charge in [-0.15, -0.1) is 6.42 Å². The van der Waals surface area contributed by atoms with Crippen LogP contribution in [-0.4, -0.2) is 6.29 Å². The van der Waals surface area contributed by atoms with E-state index in [2.05, 4.69) is 17.8 Å². The van der Waals surface area contributed by atoms with Crippen LogP contribution in [0.1, 0.15) is 15.9 Å². The zero-order chi connectivity index (χ0) is 8.81. The highest BCUT2D eigenvalue weighted by molar-refractivity contribution is 5.74. The largest absolute Gasteiger partial charge is 0.298 e. The molecule has 56 valence electrons. The maximum Gasteiger partial charge on any atom is 0.150 e. The lowest BCUT2D eigenvalue weighted by molar-refractivity contribution is 0.112. The molecular formula is C11H6O. The lowest BCUT2D eigenvalue weighted by Crippen LogP contribution is -1.79. The summed E-state index contributed by atoms with van der Waals surface area (Å²) in [4.78, 5) is 10.3. The fraction of sp³-hybridized carbons (Fsp3) is 0. The summed E-state index contributed by atoms with van der Waals surface area (Å²) in [6.07, 6.45) is 5.74. The van der Waals surface area contributed by atoms with Gasteiger partial charge in [-0.3, -0.25) is 4.79 Å². The molecular weight excluding hydrogens is 148 g/mol. The van der Waals surface area contributed by atoms with Gasteiger partial charge in [-0.2, -0.15) is 0 Å². The van der Waals surface area contributed by atoms with Crippen LogP contribution in [0.15, 0.2) is 24.3 Å². The van der Waals surface area contributed by atoms with Crippen LogP contribution >= 0.6 is 0 Å². The highest BCUT2D eigenvalue weighted by Crippen LogP contribution is 1.99. The molecule has 0 saturated carbocycles. The van der Waals surface area contributed by atoms with E-state index in [1.54, 1.807) is 24.3 Å². The van der Waals surface area contributed by atoms with Gasteiger partial charge in [-0.25, -0.2) is 0 Å². The lowest BCUT2D eigenvalue weighted by Gasteiger charge is -1.89. The molecule has 12 heavy (non-hydrogen) atoms. The molecule has 1 heteroatoms. The molecule has 0 spiro atoms. The summed E-state index contributed by atoms with van der Waals surface area (Å²) in [7, 11) is 0. The van der Waals surface area contributed by atoms with E-state index in [1.165, 1.54) is 0 Å². The van der Waals surface area contributed by atoms with Crippen LogP contribution in [0.2, 0.25) is 0 Å². The predicted octanol–water partition coefficient (Wildman–Crippen LogP) is 1.48. The van der Waals surface area contributed by atoms with Crippen LogP contribution in [0.5, 0.6) is 0 Å². The molecule has 0 fully saturated rings. The van der Waals surface area contributed by atoms with Gasteiger partial charge in [0.2, 0.25) is 0 Å². The summed E-state index contributed by atoms with van der Waals surface area (Å²) in [5.74, 6) is 7.45. The Bertz CT molecular complexity index is 368. The number of carbonyl (C=O) groups is 1. The van der Waals surface area contributed by atoms with Crippen molar-refractivity contribution < 1.29 is 4.79 Å². The average Bonchev–Trinajstić information content (AvgIpc) is 2.15. The molecule has 0 amide bonds. The normalized spacial score (nSPS) is 7.58. The first-order chi connectivity index (χ1) is 5.86. The molecule has 1 rings (SSSR count). The Morgan fingerprint density at radius 3 is 2.42 bits per heavy atom. The molecule has 0 N–H and O–H groups in total. The van der Waals surface area contributed by atoms with Gasteiger partial charge in [0, 0.05) is 11.1 Å². The van der Waals surface area contributed by atoms with Crippen LogP contribution in [0.25, 0.3) is 0 Å². The highest BCUT2D eigenvalue weighted by atomic mass is 16.1. The third kappa shape index (κ3) is 2.01. The van der Waals surface area contributed by atoms with E-state index in [-0.39, 0.29) is 0 Å². The third-order valence-corrected chi connectivity index (χ3v) is 1.33. The van der Waals surface area contributed by atoms with Crippen molar-refractivity contribution in [2.45, 2.75) is 0 Å². The molecule has 0 aliphatic carbocycles. The van der Waals surface area contributed by atoms with Crippen LogP contribution in [0.4, 0.5) is 0 Å². The van der Waals surface area contributed by atoms with Crippen molar-refractivity contribution in [2.24, 2.45) is 0 Å². The minimum absolute atomic E-state index is 0.640. The zero-order valence-corrected chi connectivity index (χ0v) is 6.37. The Kier molecular flexibility index (Phi) is 2.71. The minimum atomic E-state index is 0.640. The minimum Gasteiger partial charge on any atom is -0.298 e. The number of rotatable bonds is 1. The Labute approximate surface area is 71.4 Å². The molecule has 0 aliphatic heterocycles. The predicted molar refractivity (Wildman–Crippen MR) is 47.5 cm³/mol. The molecule has 1 nitrogen and oxygen atoms in total. The van der Waals surface area contributed by atoms with E-state index in [1.807, 2.05) is 0 Å². The molecule has 1 aromatic rings. The first-order valence-corrected chi connectivity index (χ1v) is 3.38. The van der Waals surface area contributed by atoms with Crippen molar-refractivity contribution in [2.75, 3.05) is 0 Å². The van der Waals surface area contributed by atoms with E-state index in [4.69, 9.17) is 6.42 Å². The quantitative estimate of drug-likeness (QED) is 0.442. The Hall–Kier alpha value is -1.99. The summed E-state index contributed by atoms with van der Waals surface area (Å²) < 4.78 is 0. The van der Waals surface area contributed by atoms with Crippen molar-refractivity contribution in [1.82, 2.24) is 0 Å². The van der Waals surface area contributed by atoms with Gasteiger partial charge in [0.15, 0.2) is 0 Å². The third-order valence-electron chi connectivity index (χ3n) is 1.33. The molecule has 0 aromatic heterocycles. The standard InChI is InChI=1S/C11H6O/c1-2-3-4-10-5-7-11(9-12)8-6-10/h1,5-9H. The molecule has 0 aliphatic rings. The second kappa shape index (κ2) is 4.01. The average molecular weight is 154 g/mol. The van der Waals surface area contributed by atoms with Crippen molar-refractivity contribution in [3.8, 4) is 24.2 Å². The van der Waals surface area contributed by atoms with E-state index >= 15 is 0 Å². The lowest BCUT2D eigenvalue weighted by atomic mass is 10.1. The number of benzene rings is 1. The second-order valence-corrected chi connectivity index (χ2v) is 2.13. The molecule has 0 radical (unpaired) electrons. The van der Waals surface area contributed by atoms with Gasteiger partial charge < -0.3 is 0 Å². The molecule has 0 saturated heterocycles. The SMILES string of the molecule is C#CC#Cc1ccc(C=O)cc1. The Morgan fingerprint density at radius 2 is 1.92 bits per heavy atom. The molecule has 0 bridgehead atoms. The number of terminal acetylenes is 1.